The van der Waals surface area contributed by atoms with Crippen LogP contribution in [0.3, 0.4) is 0 Å². The summed E-state index contributed by atoms with van der Waals surface area (Å²) in [6.45, 7) is 0. The first-order valence-electron chi connectivity index (χ1n) is 6.15. The molecule has 0 saturated heterocycles. The lowest BCUT2D eigenvalue weighted by Gasteiger charge is -2.16. The number of aliphatic hydroxyl groups is 2. The molecule has 0 radical (unpaired) electrons. The summed E-state index contributed by atoms with van der Waals surface area (Å²) in [5.74, 6) is -1.95. The minimum Gasteiger partial charge on any atom is -0.478 e. The molecule has 0 aliphatic rings. The fourth-order valence-electron chi connectivity index (χ4n) is 2.01. The third-order valence-electron chi connectivity index (χ3n) is 3.19. The zero-order valence-electron chi connectivity index (χ0n) is 11.2. The van der Waals surface area contributed by atoms with Crippen LogP contribution < -0.4 is 0 Å². The number of ether oxygens (including phenoxy) is 1. The summed E-state index contributed by atoms with van der Waals surface area (Å²) >= 11 is 0. The maximum Gasteiger partial charge on any atom is 0.337 e. The van der Waals surface area contributed by atoms with Gasteiger partial charge in [-0.15, -0.1) is 0 Å². The molecule has 2 unspecified atom stereocenters. The number of aliphatic hydroxyl groups excluding tert-OH is 2. The molecule has 110 valence electrons. The molecule has 21 heavy (non-hydrogen) atoms. The molecule has 0 heterocycles. The van der Waals surface area contributed by atoms with Gasteiger partial charge in [0, 0.05) is 0 Å². The van der Waals surface area contributed by atoms with Gasteiger partial charge in [0.25, 0.3) is 0 Å². The molecule has 2 aromatic carbocycles. The van der Waals surface area contributed by atoms with Crippen molar-refractivity contribution in [3.05, 3.63) is 47.5 Å². The van der Waals surface area contributed by atoms with Crippen LogP contribution in [0.15, 0.2) is 36.4 Å². The zero-order valence-corrected chi connectivity index (χ0v) is 11.2. The highest BCUT2D eigenvalue weighted by Crippen LogP contribution is 2.24. The Balaban J connectivity index is 2.37. The largest absolute Gasteiger partial charge is 0.478 e. The molecule has 6 nitrogen and oxygen atoms in total. The molecule has 2 rings (SSSR count). The van der Waals surface area contributed by atoms with Gasteiger partial charge in [-0.25, -0.2) is 9.59 Å². The number of rotatable bonds is 4. The first-order chi connectivity index (χ1) is 9.93. The van der Waals surface area contributed by atoms with Crippen molar-refractivity contribution in [1.82, 2.24) is 0 Å². The molecule has 0 aromatic heterocycles. The van der Waals surface area contributed by atoms with E-state index in [4.69, 9.17) is 5.11 Å². The lowest BCUT2D eigenvalue weighted by molar-refractivity contribution is -0.156. The number of carboxylic acids is 1. The van der Waals surface area contributed by atoms with Gasteiger partial charge in [0.15, 0.2) is 6.10 Å². The van der Waals surface area contributed by atoms with Crippen molar-refractivity contribution in [3.8, 4) is 0 Å². The van der Waals surface area contributed by atoms with E-state index < -0.39 is 24.1 Å². The Morgan fingerprint density at radius 3 is 2.29 bits per heavy atom. The Labute approximate surface area is 120 Å². The topological polar surface area (TPSA) is 104 Å². The quantitative estimate of drug-likeness (QED) is 0.729. The number of carbonyl (C=O) groups is 2. The second-order valence-corrected chi connectivity index (χ2v) is 4.54. The van der Waals surface area contributed by atoms with Crippen molar-refractivity contribution >= 4 is 22.7 Å². The summed E-state index contributed by atoms with van der Waals surface area (Å²) in [5, 5.41) is 29.9. The van der Waals surface area contributed by atoms with Gasteiger partial charge in [-0.2, -0.15) is 0 Å². The standard InChI is InChI=1S/C15H14O6/c1-21-15(20)13(17)12(16)10-4-2-9-7-11(14(18)19)5-3-8(9)6-10/h2-7,12-13,16-17H,1H3,(H,18,19). The number of methoxy groups -OCH3 is 1. The Hall–Kier alpha value is -2.44. The van der Waals surface area contributed by atoms with Crippen molar-refractivity contribution in [2.24, 2.45) is 0 Å². The van der Waals surface area contributed by atoms with E-state index in [-0.39, 0.29) is 5.56 Å². The maximum absolute atomic E-state index is 11.2. The first-order valence-corrected chi connectivity index (χ1v) is 6.15. The normalized spacial score (nSPS) is 13.7. The molecule has 6 heteroatoms. The highest BCUT2D eigenvalue weighted by atomic mass is 16.5. The van der Waals surface area contributed by atoms with E-state index in [0.717, 1.165) is 7.11 Å². The Morgan fingerprint density at radius 1 is 1.05 bits per heavy atom. The van der Waals surface area contributed by atoms with E-state index in [1.54, 1.807) is 18.2 Å². The highest BCUT2D eigenvalue weighted by Gasteiger charge is 2.26. The van der Waals surface area contributed by atoms with Gasteiger partial charge in [0.2, 0.25) is 0 Å². The van der Waals surface area contributed by atoms with Gasteiger partial charge in [-0.3, -0.25) is 0 Å². The number of hydrogen-bond acceptors (Lipinski definition) is 5. The van der Waals surface area contributed by atoms with Crippen LogP contribution in [-0.2, 0) is 9.53 Å². The monoisotopic (exact) mass is 290 g/mol. The van der Waals surface area contributed by atoms with Crippen LogP contribution in [0.5, 0.6) is 0 Å². The van der Waals surface area contributed by atoms with Crippen molar-refractivity contribution in [2.75, 3.05) is 7.11 Å². The molecular formula is C15H14O6. The van der Waals surface area contributed by atoms with Gasteiger partial charge < -0.3 is 20.1 Å². The summed E-state index contributed by atoms with van der Waals surface area (Å²) in [7, 11) is 1.12. The highest BCUT2D eigenvalue weighted by molar-refractivity contribution is 5.94. The third-order valence-corrected chi connectivity index (χ3v) is 3.19. The van der Waals surface area contributed by atoms with E-state index in [0.29, 0.717) is 16.3 Å². The van der Waals surface area contributed by atoms with E-state index in [1.165, 1.54) is 18.2 Å². The molecule has 0 bridgehead atoms. The third kappa shape index (κ3) is 3.01. The Bertz CT molecular complexity index is 694. The SMILES string of the molecule is COC(=O)C(O)C(O)c1ccc2cc(C(=O)O)ccc2c1. The zero-order chi connectivity index (χ0) is 15.6. The van der Waals surface area contributed by atoms with Crippen LogP contribution in [0.4, 0.5) is 0 Å². The molecule has 0 aliphatic heterocycles. The molecule has 0 spiro atoms. The Kier molecular flexibility index (Phi) is 4.21. The first kappa shape index (κ1) is 15.0. The van der Waals surface area contributed by atoms with Gasteiger partial charge in [-0.1, -0.05) is 18.2 Å². The fourth-order valence-corrected chi connectivity index (χ4v) is 2.01. The van der Waals surface area contributed by atoms with Crippen molar-refractivity contribution < 1.29 is 29.6 Å². The average Bonchev–Trinajstić information content (AvgIpc) is 2.51. The second kappa shape index (κ2) is 5.90. The number of carboxylic acid groups (broad SMARTS) is 1. The van der Waals surface area contributed by atoms with Crippen LogP contribution in [0.2, 0.25) is 0 Å². The average molecular weight is 290 g/mol. The predicted molar refractivity (Wildman–Crippen MR) is 73.9 cm³/mol. The lowest BCUT2D eigenvalue weighted by Crippen LogP contribution is -2.28. The second-order valence-electron chi connectivity index (χ2n) is 4.54. The smallest absolute Gasteiger partial charge is 0.337 e. The van der Waals surface area contributed by atoms with Crippen molar-refractivity contribution in [3.63, 3.8) is 0 Å². The molecular weight excluding hydrogens is 276 g/mol. The summed E-state index contributed by atoms with van der Waals surface area (Å²) < 4.78 is 4.37. The van der Waals surface area contributed by atoms with Crippen LogP contribution in [-0.4, -0.2) is 40.5 Å². The van der Waals surface area contributed by atoms with Crippen molar-refractivity contribution in [2.45, 2.75) is 12.2 Å². The van der Waals surface area contributed by atoms with Gasteiger partial charge in [0.1, 0.15) is 6.10 Å². The number of hydrogen-bond donors (Lipinski definition) is 3. The van der Waals surface area contributed by atoms with Crippen LogP contribution >= 0.6 is 0 Å². The summed E-state index contributed by atoms with van der Waals surface area (Å²) in [6, 6.07) is 9.26. The molecule has 3 N–H and O–H groups in total. The number of benzene rings is 2. The number of aromatic carboxylic acids is 1. The van der Waals surface area contributed by atoms with E-state index in [9.17, 15) is 19.8 Å². The predicted octanol–water partition coefficient (Wildman–Crippen LogP) is 1.11. The summed E-state index contributed by atoms with van der Waals surface area (Å²) in [6.07, 6.45) is -3.09. The molecule has 0 fully saturated rings. The molecule has 2 aromatic rings. The van der Waals surface area contributed by atoms with E-state index in [1.807, 2.05) is 0 Å². The summed E-state index contributed by atoms with van der Waals surface area (Å²) in [5.41, 5.74) is 0.494. The molecule has 0 amide bonds. The van der Waals surface area contributed by atoms with Crippen LogP contribution in [0.25, 0.3) is 10.8 Å². The number of carbonyl (C=O) groups excluding carboxylic acids is 1. The molecule has 0 saturated carbocycles. The number of fused-ring (bicyclic) bond motifs is 1. The Morgan fingerprint density at radius 2 is 1.67 bits per heavy atom. The molecule has 2 atom stereocenters. The van der Waals surface area contributed by atoms with Gasteiger partial charge in [0.05, 0.1) is 12.7 Å². The lowest BCUT2D eigenvalue weighted by atomic mass is 9.99. The summed E-state index contributed by atoms with van der Waals surface area (Å²) in [4.78, 5) is 22.1. The maximum atomic E-state index is 11.2. The van der Waals surface area contributed by atoms with Gasteiger partial charge >= 0.3 is 11.9 Å². The number of esters is 1. The van der Waals surface area contributed by atoms with Crippen LogP contribution in [0, 0.1) is 0 Å². The minimum atomic E-state index is -1.68. The fraction of sp³-hybridized carbons (Fsp3) is 0.200. The molecule has 0 aliphatic carbocycles. The van der Waals surface area contributed by atoms with Crippen LogP contribution in [0.1, 0.15) is 22.0 Å². The van der Waals surface area contributed by atoms with Gasteiger partial charge in [-0.05, 0) is 34.5 Å². The van der Waals surface area contributed by atoms with E-state index >= 15 is 0 Å². The van der Waals surface area contributed by atoms with Crippen molar-refractivity contribution in [1.29, 1.82) is 0 Å². The minimum absolute atomic E-state index is 0.158. The van der Waals surface area contributed by atoms with E-state index in [2.05, 4.69) is 4.74 Å².